The topological polar surface area (TPSA) is 57.3 Å². The summed E-state index contributed by atoms with van der Waals surface area (Å²) in [6.07, 6.45) is 2.21. The van der Waals surface area contributed by atoms with E-state index in [0.717, 1.165) is 52.6 Å². The fraction of sp³-hybridized carbons (Fsp3) is 0.448. The zero-order valence-electron chi connectivity index (χ0n) is 20.6. The Labute approximate surface area is 214 Å². The van der Waals surface area contributed by atoms with E-state index in [-0.39, 0.29) is 17.9 Å². The minimum atomic E-state index is -4.34. The summed E-state index contributed by atoms with van der Waals surface area (Å²) in [5, 5.41) is 7.37. The highest BCUT2D eigenvalue weighted by Gasteiger charge is 2.34. The maximum absolute atomic E-state index is 12.9. The lowest BCUT2D eigenvalue weighted by molar-refractivity contribution is -0.137. The van der Waals surface area contributed by atoms with Gasteiger partial charge in [0.15, 0.2) is 0 Å². The molecule has 7 rings (SSSR count). The van der Waals surface area contributed by atoms with Crippen LogP contribution in [0.4, 0.5) is 24.7 Å². The number of alkyl halides is 3. The quantitative estimate of drug-likeness (QED) is 0.434. The van der Waals surface area contributed by atoms with Crippen LogP contribution in [0.5, 0.6) is 0 Å². The van der Waals surface area contributed by atoms with Gasteiger partial charge in [0.05, 0.1) is 17.0 Å². The Hall–Kier alpha value is -3.13. The summed E-state index contributed by atoms with van der Waals surface area (Å²) in [7, 11) is 0. The van der Waals surface area contributed by atoms with Crippen LogP contribution in [0.1, 0.15) is 55.7 Å². The van der Waals surface area contributed by atoms with Gasteiger partial charge < -0.3 is 15.5 Å². The minimum absolute atomic E-state index is 0.0494. The maximum atomic E-state index is 12.9. The lowest BCUT2D eigenvalue weighted by atomic mass is 9.80. The van der Waals surface area contributed by atoms with Gasteiger partial charge in [-0.05, 0) is 92.5 Å². The molecule has 1 saturated carbocycles. The van der Waals surface area contributed by atoms with Crippen LogP contribution in [0.3, 0.4) is 0 Å². The fourth-order valence-corrected chi connectivity index (χ4v) is 6.21. The highest BCUT2D eigenvalue weighted by atomic mass is 19.4. The molecule has 37 heavy (non-hydrogen) atoms. The summed E-state index contributed by atoms with van der Waals surface area (Å²) in [6, 6.07) is 15.8. The second-order valence-corrected chi connectivity index (χ2v) is 10.7. The van der Waals surface area contributed by atoms with E-state index in [9.17, 15) is 18.0 Å². The zero-order valence-corrected chi connectivity index (χ0v) is 20.6. The zero-order chi connectivity index (χ0) is 25.6. The van der Waals surface area contributed by atoms with E-state index in [1.54, 1.807) is 0 Å². The standard InChI is InChI=1S/C29H31F3N4O/c30-29(31,32)22-7-3-19(4-8-22)25-12-5-21(16-33-25)28(37)34-23-9-13-26-20(15-23)6-14-27(35-26)36-17-18-1-10-24(36)11-2-18/h3-4,6-9,13-15,18,21,24-25,33H,1-2,5,10-12,16-17H2,(H,34,37)/t18?,21-,24?,25-/m0/s1. The van der Waals surface area contributed by atoms with Gasteiger partial charge in [-0.25, -0.2) is 4.98 Å². The number of carbonyl (C=O) groups excluding carboxylic acids is 1. The number of hydrogen-bond acceptors (Lipinski definition) is 4. The largest absolute Gasteiger partial charge is 0.416 e. The Morgan fingerprint density at radius 1 is 0.946 bits per heavy atom. The fourth-order valence-electron chi connectivity index (χ4n) is 6.21. The van der Waals surface area contributed by atoms with Gasteiger partial charge in [0.1, 0.15) is 5.82 Å². The van der Waals surface area contributed by atoms with Crippen LogP contribution in [0.2, 0.25) is 0 Å². The van der Waals surface area contributed by atoms with E-state index in [1.165, 1.54) is 37.8 Å². The molecule has 4 aliphatic rings. The van der Waals surface area contributed by atoms with Gasteiger partial charge in [0, 0.05) is 36.2 Å². The van der Waals surface area contributed by atoms with Gasteiger partial charge in [-0.1, -0.05) is 12.1 Å². The molecule has 3 aliphatic heterocycles. The number of pyridine rings is 1. The van der Waals surface area contributed by atoms with Gasteiger partial charge in [-0.2, -0.15) is 13.2 Å². The Bertz CT molecular complexity index is 1280. The van der Waals surface area contributed by atoms with E-state index in [0.29, 0.717) is 25.4 Å². The predicted octanol–water partition coefficient (Wildman–Crippen LogP) is 6.31. The number of amides is 1. The molecule has 0 spiro atoms. The second kappa shape index (κ2) is 9.63. The molecule has 3 aromatic rings. The summed E-state index contributed by atoms with van der Waals surface area (Å²) >= 11 is 0. The van der Waals surface area contributed by atoms with Crippen molar-refractivity contribution < 1.29 is 18.0 Å². The first-order valence-corrected chi connectivity index (χ1v) is 13.2. The Balaban J connectivity index is 1.06. The van der Waals surface area contributed by atoms with E-state index in [1.807, 2.05) is 18.2 Å². The summed E-state index contributed by atoms with van der Waals surface area (Å²) in [6.45, 7) is 1.58. The van der Waals surface area contributed by atoms with Crippen LogP contribution in [0.25, 0.3) is 10.9 Å². The second-order valence-electron chi connectivity index (χ2n) is 10.7. The average molecular weight is 509 g/mol. The van der Waals surface area contributed by atoms with Gasteiger partial charge in [-0.15, -0.1) is 0 Å². The molecular weight excluding hydrogens is 477 g/mol. The van der Waals surface area contributed by atoms with Gasteiger partial charge in [0.2, 0.25) is 5.91 Å². The van der Waals surface area contributed by atoms with Crippen LogP contribution in [-0.4, -0.2) is 30.0 Å². The van der Waals surface area contributed by atoms with Crippen molar-refractivity contribution in [3.05, 3.63) is 65.7 Å². The molecule has 4 fully saturated rings. The van der Waals surface area contributed by atoms with E-state index in [4.69, 9.17) is 4.98 Å². The average Bonchev–Trinajstić information content (AvgIpc) is 2.93. The molecule has 2 atom stereocenters. The number of halogens is 3. The number of benzene rings is 2. The third kappa shape index (κ3) is 5.04. The van der Waals surface area contributed by atoms with E-state index in [2.05, 4.69) is 27.7 Å². The van der Waals surface area contributed by atoms with Crippen molar-refractivity contribution in [2.24, 2.45) is 11.8 Å². The van der Waals surface area contributed by atoms with Crippen molar-refractivity contribution >= 4 is 28.3 Å². The Kier molecular flexibility index (Phi) is 6.31. The normalized spacial score (nSPS) is 25.9. The first-order chi connectivity index (χ1) is 17.8. The van der Waals surface area contributed by atoms with Crippen LogP contribution in [-0.2, 0) is 11.0 Å². The number of carbonyl (C=O) groups is 1. The summed E-state index contributed by atoms with van der Waals surface area (Å²) < 4.78 is 38.5. The van der Waals surface area contributed by atoms with Crippen molar-refractivity contribution in [1.82, 2.24) is 10.3 Å². The number of aromatic nitrogens is 1. The number of piperidine rings is 3. The van der Waals surface area contributed by atoms with Crippen molar-refractivity contribution in [2.45, 2.75) is 56.8 Å². The minimum Gasteiger partial charge on any atom is -0.353 e. The van der Waals surface area contributed by atoms with Gasteiger partial charge >= 0.3 is 6.18 Å². The van der Waals surface area contributed by atoms with Gasteiger partial charge in [0.25, 0.3) is 0 Å². The summed E-state index contributed by atoms with van der Waals surface area (Å²) in [4.78, 5) is 20.3. The lowest BCUT2D eigenvalue weighted by Crippen LogP contribution is -2.48. The van der Waals surface area contributed by atoms with Gasteiger partial charge in [-0.3, -0.25) is 4.79 Å². The number of hydrogen-bond donors (Lipinski definition) is 2. The molecule has 0 radical (unpaired) electrons. The van der Waals surface area contributed by atoms with Crippen molar-refractivity contribution in [2.75, 3.05) is 23.3 Å². The van der Waals surface area contributed by atoms with Crippen LogP contribution in [0, 0.1) is 11.8 Å². The highest BCUT2D eigenvalue weighted by Crippen LogP contribution is 2.38. The number of rotatable bonds is 4. The van der Waals surface area contributed by atoms with Crippen molar-refractivity contribution in [3.8, 4) is 0 Å². The first-order valence-electron chi connectivity index (χ1n) is 13.2. The molecule has 2 bridgehead atoms. The number of nitrogens with one attached hydrogen (secondary N) is 2. The molecule has 0 unspecified atom stereocenters. The predicted molar refractivity (Wildman–Crippen MR) is 138 cm³/mol. The molecule has 194 valence electrons. The number of anilines is 2. The molecule has 1 amide bonds. The first kappa shape index (κ1) is 24.2. The summed E-state index contributed by atoms with van der Waals surface area (Å²) in [5.41, 5.74) is 1.83. The molecule has 8 heteroatoms. The molecule has 2 N–H and O–H groups in total. The molecule has 4 heterocycles. The Morgan fingerprint density at radius 3 is 2.38 bits per heavy atom. The van der Waals surface area contributed by atoms with Crippen LogP contribution < -0.4 is 15.5 Å². The molecule has 1 aliphatic carbocycles. The molecule has 5 nitrogen and oxygen atoms in total. The number of nitrogens with zero attached hydrogens (tertiary/aromatic N) is 2. The van der Waals surface area contributed by atoms with E-state index >= 15 is 0 Å². The molecule has 2 aromatic carbocycles. The van der Waals surface area contributed by atoms with Crippen molar-refractivity contribution in [1.29, 1.82) is 0 Å². The third-order valence-corrected chi connectivity index (χ3v) is 8.37. The van der Waals surface area contributed by atoms with Crippen LogP contribution in [0.15, 0.2) is 54.6 Å². The lowest BCUT2D eigenvalue weighted by Gasteiger charge is -2.46. The molecular formula is C29H31F3N4O. The highest BCUT2D eigenvalue weighted by molar-refractivity contribution is 5.95. The van der Waals surface area contributed by atoms with E-state index < -0.39 is 11.7 Å². The summed E-state index contributed by atoms with van der Waals surface area (Å²) in [5.74, 6) is 1.59. The smallest absolute Gasteiger partial charge is 0.353 e. The molecule has 1 aromatic heterocycles. The third-order valence-electron chi connectivity index (χ3n) is 8.37. The Morgan fingerprint density at radius 2 is 1.73 bits per heavy atom. The monoisotopic (exact) mass is 508 g/mol. The maximum Gasteiger partial charge on any atom is 0.416 e. The van der Waals surface area contributed by atoms with Crippen LogP contribution >= 0.6 is 0 Å². The van der Waals surface area contributed by atoms with Crippen molar-refractivity contribution in [3.63, 3.8) is 0 Å². The molecule has 3 saturated heterocycles. The SMILES string of the molecule is O=C(Nc1ccc2nc(N3CC4CCC3CC4)ccc2c1)[C@H]1CC[C@@H](c2ccc(C(F)(F)F)cc2)NC1. The number of fused-ring (bicyclic) bond motifs is 4.